The number of rotatable bonds is 8. The minimum absolute atomic E-state index is 0.205. The van der Waals surface area contributed by atoms with Crippen LogP contribution < -0.4 is 9.47 Å². The molecule has 0 radical (unpaired) electrons. The maximum absolute atomic E-state index is 12.2. The molecule has 5 nitrogen and oxygen atoms in total. The Morgan fingerprint density at radius 1 is 1.18 bits per heavy atom. The van der Waals surface area contributed by atoms with Gasteiger partial charge in [-0.05, 0) is 50.8 Å². The summed E-state index contributed by atoms with van der Waals surface area (Å²) < 4.78 is 21.8. The average Bonchev–Trinajstić information content (AvgIpc) is 2.49. The van der Waals surface area contributed by atoms with Crippen LogP contribution in [0.4, 0.5) is 0 Å². The van der Waals surface area contributed by atoms with E-state index >= 15 is 0 Å². The second-order valence-corrected chi connectivity index (χ2v) is 5.28. The monoisotopic (exact) mass is 308 g/mol. The van der Waals surface area contributed by atoms with Crippen molar-refractivity contribution < 1.29 is 23.7 Å². The maximum Gasteiger partial charge on any atom is 0.338 e. The molecule has 1 saturated carbocycles. The zero-order chi connectivity index (χ0) is 16.0. The van der Waals surface area contributed by atoms with Crippen molar-refractivity contribution in [1.29, 1.82) is 0 Å². The first-order valence-electron chi connectivity index (χ1n) is 7.76. The lowest BCUT2D eigenvalue weighted by Gasteiger charge is -2.38. The molecule has 122 valence electrons. The number of hydrogen-bond donors (Lipinski definition) is 0. The van der Waals surface area contributed by atoms with Crippen LogP contribution in [0.5, 0.6) is 11.5 Å². The predicted octanol–water partition coefficient (Wildman–Crippen LogP) is 3.10. The Morgan fingerprint density at radius 2 is 1.95 bits per heavy atom. The van der Waals surface area contributed by atoms with Gasteiger partial charge in [0.05, 0.1) is 13.7 Å². The first-order chi connectivity index (χ1) is 10.6. The SMILES string of the molecule is CCOc1ccc(COC(=O)C2(OCC)CCC2)cc1OC. The number of carbonyl (C=O) groups excluding carboxylic acids is 1. The second-order valence-electron chi connectivity index (χ2n) is 5.28. The lowest BCUT2D eigenvalue weighted by atomic mass is 9.80. The van der Waals surface area contributed by atoms with E-state index in [2.05, 4.69) is 0 Å². The Kier molecular flexibility index (Phi) is 5.66. The molecule has 0 saturated heterocycles. The van der Waals surface area contributed by atoms with Crippen molar-refractivity contribution in [1.82, 2.24) is 0 Å². The predicted molar refractivity (Wildman–Crippen MR) is 82.2 cm³/mol. The molecule has 1 aromatic rings. The van der Waals surface area contributed by atoms with Gasteiger partial charge in [-0.1, -0.05) is 6.07 Å². The van der Waals surface area contributed by atoms with Crippen molar-refractivity contribution >= 4 is 5.97 Å². The van der Waals surface area contributed by atoms with E-state index in [4.69, 9.17) is 18.9 Å². The third-order valence-corrected chi connectivity index (χ3v) is 3.85. The summed E-state index contributed by atoms with van der Waals surface area (Å²) >= 11 is 0. The van der Waals surface area contributed by atoms with E-state index in [1.165, 1.54) is 0 Å². The molecular weight excluding hydrogens is 284 g/mol. The molecule has 0 N–H and O–H groups in total. The normalized spacial score (nSPS) is 15.8. The van der Waals surface area contributed by atoms with E-state index in [-0.39, 0.29) is 12.6 Å². The molecule has 0 unspecified atom stereocenters. The molecule has 0 aromatic heterocycles. The molecule has 0 amide bonds. The molecule has 1 fully saturated rings. The van der Waals surface area contributed by atoms with Crippen molar-refractivity contribution in [2.75, 3.05) is 20.3 Å². The van der Waals surface area contributed by atoms with Crippen molar-refractivity contribution in [2.24, 2.45) is 0 Å². The van der Waals surface area contributed by atoms with Gasteiger partial charge in [-0.3, -0.25) is 0 Å². The van der Waals surface area contributed by atoms with Gasteiger partial charge in [0, 0.05) is 6.61 Å². The molecule has 0 heterocycles. The Hall–Kier alpha value is -1.75. The highest BCUT2D eigenvalue weighted by Crippen LogP contribution is 2.37. The van der Waals surface area contributed by atoms with Gasteiger partial charge in [-0.15, -0.1) is 0 Å². The van der Waals surface area contributed by atoms with Crippen molar-refractivity contribution in [3.63, 3.8) is 0 Å². The highest BCUT2D eigenvalue weighted by atomic mass is 16.6. The van der Waals surface area contributed by atoms with Gasteiger partial charge in [0.2, 0.25) is 0 Å². The number of benzene rings is 1. The molecule has 1 aliphatic rings. The van der Waals surface area contributed by atoms with E-state index in [1.807, 2.05) is 32.0 Å². The Bertz CT molecular complexity index is 508. The first kappa shape index (κ1) is 16.6. The average molecular weight is 308 g/mol. The Balaban J connectivity index is 1.97. The summed E-state index contributed by atoms with van der Waals surface area (Å²) in [6, 6.07) is 5.52. The van der Waals surface area contributed by atoms with Crippen LogP contribution in [0.3, 0.4) is 0 Å². The molecule has 0 bridgehead atoms. The zero-order valence-electron chi connectivity index (χ0n) is 13.5. The Labute approximate surface area is 131 Å². The van der Waals surface area contributed by atoms with Gasteiger partial charge < -0.3 is 18.9 Å². The summed E-state index contributed by atoms with van der Waals surface area (Å²) in [4.78, 5) is 12.2. The molecule has 0 spiro atoms. The molecule has 5 heteroatoms. The van der Waals surface area contributed by atoms with Crippen molar-refractivity contribution in [3.05, 3.63) is 23.8 Å². The van der Waals surface area contributed by atoms with E-state index in [9.17, 15) is 4.79 Å². The standard InChI is InChI=1S/C17H24O5/c1-4-20-14-8-7-13(11-15(14)19-3)12-21-16(18)17(22-5-2)9-6-10-17/h7-8,11H,4-6,9-10,12H2,1-3H3. The lowest BCUT2D eigenvalue weighted by molar-refractivity contribution is -0.185. The molecule has 0 aliphatic heterocycles. The largest absolute Gasteiger partial charge is 0.493 e. The van der Waals surface area contributed by atoms with Gasteiger partial charge in [-0.2, -0.15) is 0 Å². The first-order valence-corrected chi connectivity index (χ1v) is 7.76. The summed E-state index contributed by atoms with van der Waals surface area (Å²) in [5.74, 6) is 1.05. The summed E-state index contributed by atoms with van der Waals surface area (Å²) in [5, 5.41) is 0. The summed E-state index contributed by atoms with van der Waals surface area (Å²) in [6.07, 6.45) is 2.49. The molecule has 2 rings (SSSR count). The maximum atomic E-state index is 12.2. The van der Waals surface area contributed by atoms with E-state index in [1.54, 1.807) is 7.11 Å². The summed E-state index contributed by atoms with van der Waals surface area (Å²) in [5.41, 5.74) is 0.143. The topological polar surface area (TPSA) is 54.0 Å². The highest BCUT2D eigenvalue weighted by molar-refractivity contribution is 5.80. The van der Waals surface area contributed by atoms with Gasteiger partial charge in [0.15, 0.2) is 17.1 Å². The number of hydrogen-bond acceptors (Lipinski definition) is 5. The number of esters is 1. The van der Waals surface area contributed by atoms with Gasteiger partial charge in [-0.25, -0.2) is 4.79 Å². The van der Waals surface area contributed by atoms with Crippen LogP contribution in [0, 0.1) is 0 Å². The minimum Gasteiger partial charge on any atom is -0.493 e. The number of ether oxygens (including phenoxy) is 4. The van der Waals surface area contributed by atoms with Crippen LogP contribution in [0.1, 0.15) is 38.7 Å². The number of methoxy groups -OCH3 is 1. The smallest absolute Gasteiger partial charge is 0.338 e. The molecule has 1 aromatic carbocycles. The van der Waals surface area contributed by atoms with Gasteiger partial charge >= 0.3 is 5.97 Å². The van der Waals surface area contributed by atoms with Gasteiger partial charge in [0.25, 0.3) is 0 Å². The van der Waals surface area contributed by atoms with Crippen LogP contribution in [-0.4, -0.2) is 31.9 Å². The fraction of sp³-hybridized carbons (Fsp3) is 0.588. The third-order valence-electron chi connectivity index (χ3n) is 3.85. The van der Waals surface area contributed by atoms with Crippen LogP contribution in [0.25, 0.3) is 0 Å². The van der Waals surface area contributed by atoms with E-state index in [0.29, 0.717) is 24.7 Å². The molecule has 0 atom stereocenters. The molecule has 1 aliphatic carbocycles. The summed E-state index contributed by atoms with van der Waals surface area (Å²) in [6.45, 7) is 5.11. The minimum atomic E-state index is -0.718. The quantitative estimate of drug-likeness (QED) is 0.691. The van der Waals surface area contributed by atoms with Crippen molar-refractivity contribution in [3.8, 4) is 11.5 Å². The fourth-order valence-electron chi connectivity index (χ4n) is 2.54. The van der Waals surface area contributed by atoms with Crippen LogP contribution in [-0.2, 0) is 20.9 Å². The van der Waals surface area contributed by atoms with Crippen LogP contribution in [0.15, 0.2) is 18.2 Å². The second kappa shape index (κ2) is 7.49. The van der Waals surface area contributed by atoms with Crippen molar-refractivity contribution in [2.45, 2.75) is 45.3 Å². The fourth-order valence-corrected chi connectivity index (χ4v) is 2.54. The van der Waals surface area contributed by atoms with Gasteiger partial charge in [0.1, 0.15) is 6.61 Å². The van der Waals surface area contributed by atoms with Crippen LogP contribution in [0.2, 0.25) is 0 Å². The lowest BCUT2D eigenvalue weighted by Crippen LogP contribution is -2.48. The van der Waals surface area contributed by atoms with Crippen LogP contribution >= 0.6 is 0 Å². The molecule has 22 heavy (non-hydrogen) atoms. The zero-order valence-corrected chi connectivity index (χ0v) is 13.5. The Morgan fingerprint density at radius 3 is 2.50 bits per heavy atom. The van der Waals surface area contributed by atoms with E-state index < -0.39 is 5.60 Å². The number of carbonyl (C=O) groups is 1. The summed E-state index contributed by atoms with van der Waals surface area (Å²) in [7, 11) is 1.59. The highest BCUT2D eigenvalue weighted by Gasteiger charge is 2.46. The molecular formula is C17H24O5. The van der Waals surface area contributed by atoms with E-state index in [0.717, 1.165) is 24.8 Å². The third kappa shape index (κ3) is 3.53.